The molecule has 0 aliphatic heterocycles. The van der Waals surface area contributed by atoms with Crippen LogP contribution in [0.2, 0.25) is 0 Å². The van der Waals surface area contributed by atoms with Crippen molar-refractivity contribution in [1.29, 1.82) is 0 Å². The van der Waals surface area contributed by atoms with E-state index in [1.165, 1.54) is 11.3 Å². The summed E-state index contributed by atoms with van der Waals surface area (Å²) in [4.78, 5) is 6.49. The zero-order valence-corrected chi connectivity index (χ0v) is 12.3. The Morgan fingerprint density at radius 3 is 2.63 bits per heavy atom. The minimum Gasteiger partial charge on any atom is -0.377 e. The summed E-state index contributed by atoms with van der Waals surface area (Å²) in [5.74, 6) is 0.878. The number of aromatic nitrogens is 2. The summed E-state index contributed by atoms with van der Waals surface area (Å²) >= 11 is 0. The number of hydrogen-bond donors (Lipinski definition) is 1. The third kappa shape index (κ3) is 2.89. The van der Waals surface area contributed by atoms with Gasteiger partial charge < -0.3 is 14.8 Å². The largest absolute Gasteiger partial charge is 0.377 e. The van der Waals surface area contributed by atoms with E-state index in [0.717, 1.165) is 11.6 Å². The average Bonchev–Trinajstić information content (AvgIpc) is 2.79. The fraction of sp³-hybridized carbons (Fsp3) is 0.400. The molecule has 1 aromatic carbocycles. The average molecular weight is 258 g/mol. The first-order valence-electron chi connectivity index (χ1n) is 6.57. The lowest BCUT2D eigenvalue weighted by Gasteiger charge is -2.18. The van der Waals surface area contributed by atoms with Gasteiger partial charge in [0, 0.05) is 43.9 Å². The Labute approximate surface area is 115 Å². The van der Waals surface area contributed by atoms with Gasteiger partial charge in [-0.25, -0.2) is 4.98 Å². The molecule has 1 aromatic heterocycles. The number of hydrogen-bond acceptors (Lipinski definition) is 3. The standard InChI is InChI=1S/C15H22N4/c1-11(2)19-9-8-16-15(19)17-13-7-6-12(3)14(10-13)18(4)5/h6-11H,1-5H3,(H,16,17). The van der Waals surface area contributed by atoms with Crippen LogP contribution in [-0.2, 0) is 0 Å². The third-order valence-corrected chi connectivity index (χ3v) is 3.17. The fourth-order valence-electron chi connectivity index (χ4n) is 2.12. The molecule has 0 saturated carbocycles. The van der Waals surface area contributed by atoms with Crippen molar-refractivity contribution in [3.8, 4) is 0 Å². The summed E-state index contributed by atoms with van der Waals surface area (Å²) in [6.45, 7) is 6.41. The summed E-state index contributed by atoms with van der Waals surface area (Å²) in [6, 6.07) is 6.75. The van der Waals surface area contributed by atoms with Crippen LogP contribution in [0.5, 0.6) is 0 Å². The summed E-state index contributed by atoms with van der Waals surface area (Å²) in [7, 11) is 4.11. The maximum Gasteiger partial charge on any atom is 0.207 e. The van der Waals surface area contributed by atoms with Crippen molar-refractivity contribution in [2.45, 2.75) is 26.8 Å². The van der Waals surface area contributed by atoms with Crippen molar-refractivity contribution in [1.82, 2.24) is 9.55 Å². The quantitative estimate of drug-likeness (QED) is 0.910. The van der Waals surface area contributed by atoms with Gasteiger partial charge in [0.1, 0.15) is 0 Å². The number of anilines is 3. The van der Waals surface area contributed by atoms with Gasteiger partial charge in [-0.05, 0) is 38.5 Å². The number of benzene rings is 1. The first-order chi connectivity index (χ1) is 8.99. The summed E-state index contributed by atoms with van der Waals surface area (Å²) < 4.78 is 2.12. The van der Waals surface area contributed by atoms with Crippen LogP contribution in [0.4, 0.5) is 17.3 Å². The minimum absolute atomic E-state index is 0.392. The molecule has 0 aliphatic rings. The Balaban J connectivity index is 2.28. The molecule has 0 amide bonds. The topological polar surface area (TPSA) is 33.1 Å². The summed E-state index contributed by atoms with van der Waals surface area (Å²) in [5, 5.41) is 3.38. The highest BCUT2D eigenvalue weighted by Gasteiger charge is 2.07. The van der Waals surface area contributed by atoms with Crippen LogP contribution in [0.15, 0.2) is 30.6 Å². The molecule has 0 radical (unpaired) electrons. The van der Waals surface area contributed by atoms with Crippen LogP contribution in [0, 0.1) is 6.92 Å². The molecule has 0 aliphatic carbocycles. The van der Waals surface area contributed by atoms with Gasteiger partial charge in [0.2, 0.25) is 5.95 Å². The van der Waals surface area contributed by atoms with E-state index in [1.54, 1.807) is 0 Å². The molecule has 0 atom stereocenters. The van der Waals surface area contributed by atoms with Crippen molar-refractivity contribution in [2.24, 2.45) is 0 Å². The highest BCUT2D eigenvalue weighted by molar-refractivity contribution is 5.65. The van der Waals surface area contributed by atoms with Crippen molar-refractivity contribution >= 4 is 17.3 Å². The third-order valence-electron chi connectivity index (χ3n) is 3.17. The van der Waals surface area contributed by atoms with Crippen LogP contribution in [0.3, 0.4) is 0 Å². The SMILES string of the molecule is Cc1ccc(Nc2nccn2C(C)C)cc1N(C)C. The van der Waals surface area contributed by atoms with Crippen LogP contribution >= 0.6 is 0 Å². The van der Waals surface area contributed by atoms with Gasteiger partial charge >= 0.3 is 0 Å². The maximum atomic E-state index is 4.37. The van der Waals surface area contributed by atoms with E-state index in [4.69, 9.17) is 0 Å². The second-order valence-corrected chi connectivity index (χ2v) is 5.27. The van der Waals surface area contributed by atoms with E-state index in [1.807, 2.05) is 12.4 Å². The zero-order valence-electron chi connectivity index (χ0n) is 12.3. The molecular formula is C15H22N4. The number of imidazole rings is 1. The fourth-order valence-corrected chi connectivity index (χ4v) is 2.12. The lowest BCUT2D eigenvalue weighted by atomic mass is 10.1. The molecular weight excluding hydrogens is 236 g/mol. The molecule has 1 heterocycles. The Morgan fingerprint density at radius 2 is 2.00 bits per heavy atom. The second-order valence-electron chi connectivity index (χ2n) is 5.27. The molecule has 0 saturated heterocycles. The molecule has 4 heteroatoms. The number of nitrogens with one attached hydrogen (secondary N) is 1. The van der Waals surface area contributed by atoms with Crippen LogP contribution in [0.1, 0.15) is 25.5 Å². The predicted molar refractivity (Wildman–Crippen MR) is 81.4 cm³/mol. The van der Waals surface area contributed by atoms with Crippen LogP contribution in [0.25, 0.3) is 0 Å². The van der Waals surface area contributed by atoms with Gasteiger partial charge in [-0.1, -0.05) is 6.07 Å². The lowest BCUT2D eigenvalue weighted by molar-refractivity contribution is 0.608. The van der Waals surface area contributed by atoms with Crippen molar-refractivity contribution in [2.75, 3.05) is 24.3 Å². The van der Waals surface area contributed by atoms with Crippen LogP contribution < -0.4 is 10.2 Å². The Bertz CT molecular complexity index is 555. The molecule has 0 spiro atoms. The normalized spacial score (nSPS) is 10.8. The molecule has 19 heavy (non-hydrogen) atoms. The highest BCUT2D eigenvalue weighted by Crippen LogP contribution is 2.25. The van der Waals surface area contributed by atoms with Gasteiger partial charge in [-0.15, -0.1) is 0 Å². The van der Waals surface area contributed by atoms with E-state index in [0.29, 0.717) is 6.04 Å². The van der Waals surface area contributed by atoms with E-state index in [2.05, 4.69) is 72.8 Å². The van der Waals surface area contributed by atoms with E-state index >= 15 is 0 Å². The van der Waals surface area contributed by atoms with Crippen molar-refractivity contribution < 1.29 is 0 Å². The van der Waals surface area contributed by atoms with E-state index in [9.17, 15) is 0 Å². The Kier molecular flexibility index (Phi) is 3.79. The molecule has 0 fully saturated rings. The molecule has 4 nitrogen and oxygen atoms in total. The number of nitrogens with zero attached hydrogens (tertiary/aromatic N) is 3. The van der Waals surface area contributed by atoms with Crippen molar-refractivity contribution in [3.05, 3.63) is 36.2 Å². The minimum atomic E-state index is 0.392. The first kappa shape index (κ1) is 13.5. The monoisotopic (exact) mass is 258 g/mol. The second kappa shape index (κ2) is 5.34. The molecule has 1 N–H and O–H groups in total. The van der Waals surface area contributed by atoms with Gasteiger partial charge in [-0.3, -0.25) is 0 Å². The maximum absolute atomic E-state index is 4.37. The molecule has 102 valence electrons. The smallest absolute Gasteiger partial charge is 0.207 e. The molecule has 2 rings (SSSR count). The predicted octanol–water partition coefficient (Wildman–Crippen LogP) is 3.58. The number of aryl methyl sites for hydroxylation is 1. The van der Waals surface area contributed by atoms with Crippen molar-refractivity contribution in [3.63, 3.8) is 0 Å². The molecule has 0 bridgehead atoms. The number of rotatable bonds is 4. The van der Waals surface area contributed by atoms with E-state index < -0.39 is 0 Å². The van der Waals surface area contributed by atoms with Gasteiger partial charge in [0.05, 0.1) is 0 Å². The highest BCUT2D eigenvalue weighted by atomic mass is 15.2. The van der Waals surface area contributed by atoms with Gasteiger partial charge in [0.25, 0.3) is 0 Å². The first-order valence-corrected chi connectivity index (χ1v) is 6.57. The lowest BCUT2D eigenvalue weighted by Crippen LogP contribution is -2.11. The Hall–Kier alpha value is -1.97. The molecule has 2 aromatic rings. The Morgan fingerprint density at radius 1 is 1.26 bits per heavy atom. The summed E-state index contributed by atoms with van der Waals surface area (Å²) in [6.07, 6.45) is 3.82. The van der Waals surface area contributed by atoms with Gasteiger partial charge in [-0.2, -0.15) is 0 Å². The van der Waals surface area contributed by atoms with Crippen LogP contribution in [-0.4, -0.2) is 23.6 Å². The van der Waals surface area contributed by atoms with E-state index in [-0.39, 0.29) is 0 Å². The summed E-state index contributed by atoms with van der Waals surface area (Å²) in [5.41, 5.74) is 3.54. The molecule has 0 unspecified atom stereocenters. The van der Waals surface area contributed by atoms with Gasteiger partial charge in [0.15, 0.2) is 0 Å². The zero-order chi connectivity index (χ0) is 14.0.